The van der Waals surface area contributed by atoms with Crippen LogP contribution >= 0.6 is 11.3 Å². The van der Waals surface area contributed by atoms with Crippen molar-refractivity contribution in [1.82, 2.24) is 4.98 Å². The molecule has 27 heavy (non-hydrogen) atoms. The smallest absolute Gasteiger partial charge is 0.350 e. The van der Waals surface area contributed by atoms with Crippen LogP contribution in [-0.2, 0) is 16.0 Å². The molecule has 0 fully saturated rings. The van der Waals surface area contributed by atoms with Gasteiger partial charge in [-0.25, -0.2) is 9.78 Å². The predicted molar refractivity (Wildman–Crippen MR) is 107 cm³/mol. The Bertz CT molecular complexity index is 756. The van der Waals surface area contributed by atoms with Crippen molar-refractivity contribution in [2.75, 3.05) is 18.5 Å². The van der Waals surface area contributed by atoms with Crippen LogP contribution in [0.2, 0.25) is 0 Å². The van der Waals surface area contributed by atoms with Crippen molar-refractivity contribution in [3.05, 3.63) is 40.4 Å². The Balaban J connectivity index is 1.73. The van der Waals surface area contributed by atoms with Gasteiger partial charge in [0.15, 0.2) is 5.13 Å². The van der Waals surface area contributed by atoms with E-state index in [1.54, 1.807) is 13.8 Å². The number of ether oxygens (including phenoxy) is 2. The number of amides is 1. The maximum Gasteiger partial charge on any atom is 0.350 e. The summed E-state index contributed by atoms with van der Waals surface area (Å²) in [6, 6.07) is 8.05. The van der Waals surface area contributed by atoms with E-state index in [-0.39, 0.29) is 5.91 Å². The maximum atomic E-state index is 12.0. The van der Waals surface area contributed by atoms with Crippen LogP contribution in [-0.4, -0.2) is 30.1 Å². The van der Waals surface area contributed by atoms with E-state index in [9.17, 15) is 9.59 Å². The number of benzene rings is 1. The summed E-state index contributed by atoms with van der Waals surface area (Å²) in [5, 5.41) is 3.14. The number of aryl methyl sites for hydroxylation is 2. The average Bonchev–Trinajstić information content (AvgIpc) is 3.01. The third-order valence-corrected chi connectivity index (χ3v) is 4.84. The molecule has 146 valence electrons. The van der Waals surface area contributed by atoms with E-state index in [0.29, 0.717) is 41.8 Å². The monoisotopic (exact) mass is 390 g/mol. The van der Waals surface area contributed by atoms with Gasteiger partial charge in [0, 0.05) is 6.42 Å². The first-order valence-electron chi connectivity index (χ1n) is 9.19. The SMILES string of the molecule is CCCc1ccc(OCCCC(=O)Nc2nc(C)c(C(=O)OCC)s2)cc1. The van der Waals surface area contributed by atoms with Crippen molar-refractivity contribution in [3.8, 4) is 5.75 Å². The number of carbonyl (C=O) groups excluding carboxylic acids is 2. The number of nitrogens with one attached hydrogen (secondary N) is 1. The van der Waals surface area contributed by atoms with Crippen LogP contribution in [0, 0.1) is 6.92 Å². The molecule has 6 nitrogen and oxygen atoms in total. The molecule has 1 aromatic carbocycles. The molecule has 1 N–H and O–H groups in total. The van der Waals surface area contributed by atoms with Gasteiger partial charge < -0.3 is 14.8 Å². The number of anilines is 1. The third-order valence-electron chi connectivity index (χ3n) is 3.78. The standard InChI is InChI=1S/C20H26N2O4S/c1-4-7-15-9-11-16(12-10-15)26-13-6-8-17(23)22-20-21-14(3)18(27-20)19(24)25-5-2/h9-12H,4-8,13H2,1-3H3,(H,21,22,23). The number of thiazole rings is 1. The van der Waals surface area contributed by atoms with Gasteiger partial charge in [-0.3, -0.25) is 4.79 Å². The van der Waals surface area contributed by atoms with Crippen LogP contribution in [0.15, 0.2) is 24.3 Å². The molecular formula is C20H26N2O4S. The summed E-state index contributed by atoms with van der Waals surface area (Å²) in [5.41, 5.74) is 1.86. The van der Waals surface area contributed by atoms with E-state index >= 15 is 0 Å². The zero-order valence-corrected chi connectivity index (χ0v) is 16.9. The highest BCUT2D eigenvalue weighted by molar-refractivity contribution is 7.17. The number of aromatic nitrogens is 1. The van der Waals surface area contributed by atoms with Gasteiger partial charge in [0.05, 0.1) is 18.9 Å². The molecule has 1 amide bonds. The molecule has 1 aromatic heterocycles. The van der Waals surface area contributed by atoms with E-state index in [0.717, 1.165) is 29.9 Å². The molecule has 2 rings (SSSR count). The Morgan fingerprint density at radius 2 is 1.93 bits per heavy atom. The number of hydrogen-bond donors (Lipinski definition) is 1. The van der Waals surface area contributed by atoms with Gasteiger partial charge in [-0.05, 0) is 44.4 Å². The molecule has 0 saturated carbocycles. The Morgan fingerprint density at radius 1 is 1.19 bits per heavy atom. The molecule has 7 heteroatoms. The predicted octanol–water partition coefficient (Wildman–Crippen LogP) is 4.38. The lowest BCUT2D eigenvalue weighted by atomic mass is 10.1. The van der Waals surface area contributed by atoms with Crippen LogP contribution in [0.3, 0.4) is 0 Å². The lowest BCUT2D eigenvalue weighted by Gasteiger charge is -2.07. The molecule has 1 heterocycles. The van der Waals surface area contributed by atoms with Gasteiger partial charge in [0.1, 0.15) is 10.6 Å². The molecule has 0 spiro atoms. The lowest BCUT2D eigenvalue weighted by Crippen LogP contribution is -2.12. The molecule has 0 atom stereocenters. The largest absolute Gasteiger partial charge is 0.494 e. The van der Waals surface area contributed by atoms with Crippen molar-refractivity contribution >= 4 is 28.3 Å². The fraction of sp³-hybridized carbons (Fsp3) is 0.450. The fourth-order valence-electron chi connectivity index (χ4n) is 2.48. The van der Waals surface area contributed by atoms with E-state index in [1.165, 1.54) is 5.56 Å². The molecule has 0 aliphatic rings. The zero-order valence-electron chi connectivity index (χ0n) is 16.0. The first kappa shape index (κ1) is 20.9. The van der Waals surface area contributed by atoms with Gasteiger partial charge in [-0.1, -0.05) is 36.8 Å². The average molecular weight is 391 g/mol. The van der Waals surface area contributed by atoms with Gasteiger partial charge in [-0.15, -0.1) is 0 Å². The zero-order chi connectivity index (χ0) is 19.6. The number of esters is 1. The molecule has 0 unspecified atom stereocenters. The van der Waals surface area contributed by atoms with Crippen molar-refractivity contribution in [2.45, 2.75) is 46.5 Å². The lowest BCUT2D eigenvalue weighted by molar-refractivity contribution is -0.116. The molecule has 0 saturated heterocycles. The van der Waals surface area contributed by atoms with E-state index in [2.05, 4.69) is 29.4 Å². The van der Waals surface area contributed by atoms with Crippen LogP contribution in [0.5, 0.6) is 5.75 Å². The number of rotatable bonds is 10. The quantitative estimate of drug-likeness (QED) is 0.481. The molecule has 0 radical (unpaired) electrons. The molecule has 0 aliphatic heterocycles. The number of carbonyl (C=O) groups is 2. The second-order valence-electron chi connectivity index (χ2n) is 6.05. The van der Waals surface area contributed by atoms with Gasteiger partial charge in [-0.2, -0.15) is 0 Å². The van der Waals surface area contributed by atoms with E-state index < -0.39 is 5.97 Å². The molecule has 2 aromatic rings. The Morgan fingerprint density at radius 3 is 2.59 bits per heavy atom. The minimum Gasteiger partial charge on any atom is -0.494 e. The fourth-order valence-corrected chi connectivity index (χ4v) is 3.36. The summed E-state index contributed by atoms with van der Waals surface area (Å²) >= 11 is 1.13. The van der Waals surface area contributed by atoms with Crippen LogP contribution in [0.1, 0.15) is 54.0 Å². The molecular weight excluding hydrogens is 364 g/mol. The van der Waals surface area contributed by atoms with Crippen LogP contribution in [0.25, 0.3) is 0 Å². The minimum atomic E-state index is -0.411. The van der Waals surface area contributed by atoms with Gasteiger partial charge in [0.25, 0.3) is 0 Å². The first-order chi connectivity index (χ1) is 13.0. The van der Waals surface area contributed by atoms with E-state index in [1.807, 2.05) is 12.1 Å². The summed E-state index contributed by atoms with van der Waals surface area (Å²) in [5.74, 6) is 0.247. The Kier molecular flexibility index (Phi) is 8.26. The van der Waals surface area contributed by atoms with Gasteiger partial charge >= 0.3 is 5.97 Å². The van der Waals surface area contributed by atoms with Crippen LogP contribution in [0.4, 0.5) is 5.13 Å². The van der Waals surface area contributed by atoms with Gasteiger partial charge in [0.2, 0.25) is 5.91 Å². The van der Waals surface area contributed by atoms with Crippen molar-refractivity contribution in [1.29, 1.82) is 0 Å². The van der Waals surface area contributed by atoms with Crippen molar-refractivity contribution < 1.29 is 19.1 Å². The van der Waals surface area contributed by atoms with Crippen LogP contribution < -0.4 is 10.1 Å². The van der Waals surface area contributed by atoms with Crippen molar-refractivity contribution in [2.24, 2.45) is 0 Å². The number of nitrogens with zero attached hydrogens (tertiary/aromatic N) is 1. The first-order valence-corrected chi connectivity index (χ1v) is 10.0. The highest BCUT2D eigenvalue weighted by Crippen LogP contribution is 2.23. The Labute approximate surface area is 163 Å². The minimum absolute atomic E-state index is 0.152. The topological polar surface area (TPSA) is 77.5 Å². The molecule has 0 bridgehead atoms. The normalized spacial score (nSPS) is 10.5. The molecule has 0 aliphatic carbocycles. The third kappa shape index (κ3) is 6.67. The summed E-state index contributed by atoms with van der Waals surface area (Å²) in [4.78, 5) is 28.5. The number of hydrogen-bond acceptors (Lipinski definition) is 6. The summed E-state index contributed by atoms with van der Waals surface area (Å²) in [7, 11) is 0. The second kappa shape index (κ2) is 10.7. The van der Waals surface area contributed by atoms with Crippen molar-refractivity contribution in [3.63, 3.8) is 0 Å². The maximum absolute atomic E-state index is 12.0. The Hall–Kier alpha value is -2.41. The second-order valence-corrected chi connectivity index (χ2v) is 7.05. The summed E-state index contributed by atoms with van der Waals surface area (Å²) in [6.07, 6.45) is 3.10. The summed E-state index contributed by atoms with van der Waals surface area (Å²) in [6.45, 7) is 6.39. The van der Waals surface area contributed by atoms with E-state index in [4.69, 9.17) is 9.47 Å². The summed E-state index contributed by atoms with van der Waals surface area (Å²) < 4.78 is 10.6. The highest BCUT2D eigenvalue weighted by atomic mass is 32.1. The highest BCUT2D eigenvalue weighted by Gasteiger charge is 2.17.